The van der Waals surface area contributed by atoms with Crippen LogP contribution in [0.15, 0.2) is 59.3 Å². The number of ketones is 1. The Labute approximate surface area is 108 Å². The van der Waals surface area contributed by atoms with Crippen molar-refractivity contribution in [3.05, 3.63) is 70.5 Å². The van der Waals surface area contributed by atoms with Gasteiger partial charge in [-0.05, 0) is 48.0 Å². The first-order valence-corrected chi connectivity index (χ1v) is 5.93. The number of benzene rings is 1. The van der Waals surface area contributed by atoms with Gasteiger partial charge in [0.25, 0.3) is 0 Å². The molecule has 0 fully saturated rings. The molecule has 84 valence electrons. The smallest absolute Gasteiger partial charge is 0.185 e. The maximum Gasteiger partial charge on any atom is 0.185 e. The molecule has 2 rings (SSSR count). The van der Waals surface area contributed by atoms with Gasteiger partial charge in [-0.25, -0.2) is 0 Å². The van der Waals surface area contributed by atoms with Gasteiger partial charge >= 0.3 is 0 Å². The van der Waals surface area contributed by atoms with E-state index >= 15 is 0 Å². The minimum absolute atomic E-state index is 0.0126. The van der Waals surface area contributed by atoms with Crippen LogP contribution in [-0.4, -0.2) is 10.8 Å². The lowest BCUT2D eigenvalue weighted by molar-refractivity contribution is 0.104. The van der Waals surface area contributed by atoms with Gasteiger partial charge in [0, 0.05) is 22.4 Å². The Morgan fingerprint density at radius 3 is 2.59 bits per heavy atom. The third kappa shape index (κ3) is 3.36. The number of aromatic nitrogens is 1. The molecule has 1 aromatic carbocycles. The summed E-state index contributed by atoms with van der Waals surface area (Å²) in [5, 5.41) is 0. The number of pyridine rings is 1. The lowest BCUT2D eigenvalue weighted by atomic mass is 10.1. The first kappa shape index (κ1) is 11.7. The van der Waals surface area contributed by atoms with Crippen molar-refractivity contribution in [1.82, 2.24) is 4.98 Å². The lowest BCUT2D eigenvalue weighted by Crippen LogP contribution is -1.93. The van der Waals surface area contributed by atoms with Crippen molar-refractivity contribution < 1.29 is 4.79 Å². The van der Waals surface area contributed by atoms with Gasteiger partial charge in [0.05, 0.1) is 0 Å². The van der Waals surface area contributed by atoms with Crippen molar-refractivity contribution in [2.24, 2.45) is 0 Å². The molecule has 1 aromatic heterocycles. The normalized spacial score (nSPS) is 10.6. The number of carbonyl (C=O) groups is 1. The maximum atomic E-state index is 11.8. The van der Waals surface area contributed by atoms with E-state index < -0.39 is 0 Å². The first-order valence-electron chi connectivity index (χ1n) is 5.14. The predicted octanol–water partition coefficient (Wildman–Crippen LogP) is 3.74. The fraction of sp³-hybridized carbons (Fsp3) is 0. The molecule has 0 radical (unpaired) electrons. The number of rotatable bonds is 3. The van der Waals surface area contributed by atoms with E-state index in [1.807, 2.05) is 24.3 Å². The van der Waals surface area contributed by atoms with E-state index in [9.17, 15) is 4.79 Å². The largest absolute Gasteiger partial charge is 0.289 e. The van der Waals surface area contributed by atoms with Gasteiger partial charge in [0.15, 0.2) is 5.78 Å². The van der Waals surface area contributed by atoms with Crippen LogP contribution in [0.25, 0.3) is 6.08 Å². The Balaban J connectivity index is 2.12. The molecular formula is C14H10BrNO. The van der Waals surface area contributed by atoms with Crippen LogP contribution in [-0.2, 0) is 0 Å². The van der Waals surface area contributed by atoms with E-state index in [1.165, 1.54) is 0 Å². The predicted molar refractivity (Wildman–Crippen MR) is 71.7 cm³/mol. The van der Waals surface area contributed by atoms with Gasteiger partial charge in [0.1, 0.15) is 0 Å². The molecule has 0 spiro atoms. The van der Waals surface area contributed by atoms with Crippen molar-refractivity contribution >= 4 is 27.8 Å². The molecule has 2 nitrogen and oxygen atoms in total. The Bertz CT molecular complexity index is 532. The fourth-order valence-corrected chi connectivity index (χ4v) is 1.62. The maximum absolute atomic E-state index is 11.8. The van der Waals surface area contributed by atoms with Gasteiger partial charge in [-0.1, -0.05) is 22.0 Å². The first-order chi connectivity index (χ1) is 8.25. The quantitative estimate of drug-likeness (QED) is 0.636. The zero-order chi connectivity index (χ0) is 12.1. The number of hydrogen-bond donors (Lipinski definition) is 0. The molecule has 17 heavy (non-hydrogen) atoms. The highest BCUT2D eigenvalue weighted by atomic mass is 79.9. The van der Waals surface area contributed by atoms with Crippen molar-refractivity contribution in [3.63, 3.8) is 0 Å². The molecule has 0 aliphatic heterocycles. The molecule has 3 heteroatoms. The summed E-state index contributed by atoms with van der Waals surface area (Å²) in [5.74, 6) is -0.0126. The van der Waals surface area contributed by atoms with Crippen LogP contribution in [0, 0.1) is 0 Å². The topological polar surface area (TPSA) is 30.0 Å². The summed E-state index contributed by atoms with van der Waals surface area (Å²) in [4.78, 5) is 15.8. The molecule has 1 heterocycles. The highest BCUT2D eigenvalue weighted by Crippen LogP contribution is 2.11. The highest BCUT2D eigenvalue weighted by molar-refractivity contribution is 9.10. The second-order valence-corrected chi connectivity index (χ2v) is 4.41. The Kier molecular flexibility index (Phi) is 3.83. The standard InChI is InChI=1S/C14H10BrNO/c15-13-6-4-12(5-7-13)14(17)8-3-11-2-1-9-16-10-11/h1-10H/b8-3-. The molecule has 0 bridgehead atoms. The molecule has 0 amide bonds. The number of hydrogen-bond acceptors (Lipinski definition) is 2. The summed E-state index contributed by atoms with van der Waals surface area (Å²) in [5.41, 5.74) is 1.59. The van der Waals surface area contributed by atoms with E-state index in [0.717, 1.165) is 10.0 Å². The summed E-state index contributed by atoms with van der Waals surface area (Å²) in [7, 11) is 0. The van der Waals surface area contributed by atoms with Crippen LogP contribution >= 0.6 is 15.9 Å². The highest BCUT2D eigenvalue weighted by Gasteiger charge is 2.00. The molecule has 0 atom stereocenters. The molecule has 0 saturated carbocycles. The number of halogens is 1. The van der Waals surface area contributed by atoms with Crippen molar-refractivity contribution in [1.29, 1.82) is 0 Å². The molecule has 0 N–H and O–H groups in total. The van der Waals surface area contributed by atoms with E-state index in [2.05, 4.69) is 20.9 Å². The number of nitrogens with zero attached hydrogens (tertiary/aromatic N) is 1. The lowest BCUT2D eigenvalue weighted by Gasteiger charge is -1.96. The average Bonchev–Trinajstić information content (AvgIpc) is 2.38. The Morgan fingerprint density at radius 2 is 1.94 bits per heavy atom. The minimum atomic E-state index is -0.0126. The van der Waals surface area contributed by atoms with Gasteiger partial charge in [-0.2, -0.15) is 0 Å². The monoisotopic (exact) mass is 287 g/mol. The van der Waals surface area contributed by atoms with Crippen LogP contribution in [0.1, 0.15) is 15.9 Å². The van der Waals surface area contributed by atoms with E-state index in [4.69, 9.17) is 0 Å². The summed E-state index contributed by atoms with van der Waals surface area (Å²) >= 11 is 3.33. The van der Waals surface area contributed by atoms with Gasteiger partial charge in [-0.3, -0.25) is 9.78 Å². The van der Waals surface area contributed by atoms with Crippen LogP contribution in [0.3, 0.4) is 0 Å². The molecule has 2 aromatic rings. The Hall–Kier alpha value is -1.74. The summed E-state index contributed by atoms with van der Waals surface area (Å²) in [6.07, 6.45) is 6.73. The third-order valence-corrected chi connectivity index (χ3v) is 2.77. The van der Waals surface area contributed by atoms with Crippen LogP contribution in [0.5, 0.6) is 0 Å². The molecule has 0 aliphatic rings. The van der Waals surface area contributed by atoms with E-state index in [1.54, 1.807) is 36.7 Å². The van der Waals surface area contributed by atoms with Crippen LogP contribution in [0.2, 0.25) is 0 Å². The average molecular weight is 288 g/mol. The van der Waals surface area contributed by atoms with Crippen LogP contribution < -0.4 is 0 Å². The van der Waals surface area contributed by atoms with Crippen molar-refractivity contribution in [3.8, 4) is 0 Å². The van der Waals surface area contributed by atoms with Crippen molar-refractivity contribution in [2.75, 3.05) is 0 Å². The molecular weight excluding hydrogens is 278 g/mol. The minimum Gasteiger partial charge on any atom is -0.289 e. The summed E-state index contributed by atoms with van der Waals surface area (Å²) < 4.78 is 0.963. The number of allylic oxidation sites excluding steroid dienone is 1. The SMILES string of the molecule is O=C(/C=C\c1cccnc1)c1ccc(Br)cc1. The summed E-state index contributed by atoms with van der Waals surface area (Å²) in [6.45, 7) is 0. The fourth-order valence-electron chi connectivity index (χ4n) is 1.36. The van der Waals surface area contributed by atoms with E-state index in [0.29, 0.717) is 5.56 Å². The second kappa shape index (κ2) is 5.55. The van der Waals surface area contributed by atoms with Crippen LogP contribution in [0.4, 0.5) is 0 Å². The zero-order valence-electron chi connectivity index (χ0n) is 9.01. The molecule has 0 saturated heterocycles. The zero-order valence-corrected chi connectivity index (χ0v) is 10.6. The second-order valence-electron chi connectivity index (χ2n) is 3.49. The van der Waals surface area contributed by atoms with Crippen molar-refractivity contribution in [2.45, 2.75) is 0 Å². The van der Waals surface area contributed by atoms with E-state index in [-0.39, 0.29) is 5.78 Å². The third-order valence-electron chi connectivity index (χ3n) is 2.24. The number of carbonyl (C=O) groups excluding carboxylic acids is 1. The molecule has 0 unspecified atom stereocenters. The van der Waals surface area contributed by atoms with Gasteiger partial charge in [0.2, 0.25) is 0 Å². The Morgan fingerprint density at radius 1 is 1.18 bits per heavy atom. The van der Waals surface area contributed by atoms with Gasteiger partial charge in [-0.15, -0.1) is 0 Å². The molecule has 0 aliphatic carbocycles. The van der Waals surface area contributed by atoms with Gasteiger partial charge < -0.3 is 0 Å². The summed E-state index contributed by atoms with van der Waals surface area (Å²) in [6, 6.07) is 11.0.